The average molecular weight is 571 g/mol. The maximum absolute atomic E-state index is 5.06. The molecule has 8 heteroatoms. The minimum Gasteiger partial charge on any atom is -1.00 e. The number of hydrogen-bond donors (Lipinski definition) is 1. The van der Waals surface area contributed by atoms with Gasteiger partial charge in [0.05, 0.1) is 26.3 Å². The summed E-state index contributed by atoms with van der Waals surface area (Å²) >= 11 is 3.52. The maximum Gasteiger partial charge on any atom is 0.277 e. The molecule has 36 heavy (non-hydrogen) atoms. The number of thiophene rings is 1. The fourth-order valence-electron chi connectivity index (χ4n) is 4.36. The summed E-state index contributed by atoms with van der Waals surface area (Å²) in [6, 6.07) is 37.5. The van der Waals surface area contributed by atoms with Crippen molar-refractivity contribution < 1.29 is 22.4 Å². The number of nitrogens with two attached hydrogens (primary N) is 1. The Morgan fingerprint density at radius 3 is 2.11 bits per heavy atom. The third-order valence-corrected chi connectivity index (χ3v) is 8.34. The molecule has 0 fully saturated rings. The van der Waals surface area contributed by atoms with Crippen LogP contribution in [-0.2, 0) is 0 Å². The Bertz CT molecular complexity index is 1660. The topological polar surface area (TPSA) is 48.3 Å². The summed E-state index contributed by atoms with van der Waals surface area (Å²) in [6.45, 7) is 0. The van der Waals surface area contributed by atoms with Crippen LogP contribution in [0.1, 0.15) is 5.56 Å². The number of hydrazone groups is 1. The lowest BCUT2D eigenvalue weighted by atomic mass is 10.2. The minimum atomic E-state index is 0. The zero-order chi connectivity index (χ0) is 23.2. The van der Waals surface area contributed by atoms with E-state index in [1.54, 1.807) is 22.7 Å². The molecule has 3 heterocycles. The molecular weight excluding hydrogens is 550 g/mol. The predicted octanol–water partition coefficient (Wildman–Crippen LogP) is 3.26. The fourth-order valence-corrected chi connectivity index (χ4v) is 6.59. The van der Waals surface area contributed by atoms with Gasteiger partial charge in [0.1, 0.15) is 10.7 Å². The number of halogens is 1. The molecule has 0 aliphatic carbocycles. The van der Waals surface area contributed by atoms with E-state index < -0.39 is 0 Å². The van der Waals surface area contributed by atoms with E-state index >= 15 is 0 Å². The van der Waals surface area contributed by atoms with Gasteiger partial charge >= 0.3 is 0 Å². The first-order valence-corrected chi connectivity index (χ1v) is 13.0. The molecule has 5 nitrogen and oxygen atoms in total. The summed E-state index contributed by atoms with van der Waals surface area (Å²) in [5.74, 6) is 0.917. The molecule has 0 saturated heterocycles. The molecule has 0 spiro atoms. The summed E-state index contributed by atoms with van der Waals surface area (Å²) in [7, 11) is 0. The van der Waals surface area contributed by atoms with Crippen molar-refractivity contribution in [1.82, 2.24) is 4.98 Å². The number of rotatable bonds is 4. The van der Waals surface area contributed by atoms with E-state index in [0.29, 0.717) is 0 Å². The van der Waals surface area contributed by atoms with Gasteiger partial charge in [-0.3, -0.25) is 0 Å². The molecule has 0 amide bonds. The van der Waals surface area contributed by atoms with Crippen molar-refractivity contribution >= 4 is 60.2 Å². The monoisotopic (exact) mass is 569 g/mol. The second-order valence-electron chi connectivity index (χ2n) is 8.21. The zero-order valence-corrected chi connectivity index (χ0v) is 22.2. The van der Waals surface area contributed by atoms with Crippen LogP contribution in [0.3, 0.4) is 0 Å². The highest BCUT2D eigenvalue weighted by molar-refractivity contribution is 7.28. The van der Waals surface area contributed by atoms with Gasteiger partial charge in [-0.05, 0) is 42.5 Å². The number of hydrazine groups is 1. The van der Waals surface area contributed by atoms with Crippen LogP contribution in [0.5, 0.6) is 0 Å². The Hall–Kier alpha value is -3.56. The Labute approximate surface area is 226 Å². The lowest BCUT2D eigenvalue weighted by Gasteiger charge is -2.24. The van der Waals surface area contributed by atoms with Gasteiger partial charge in [-0.25, -0.2) is 4.98 Å². The summed E-state index contributed by atoms with van der Waals surface area (Å²) in [5, 5.41) is 11.4. The fraction of sp³-hybridized carbons (Fsp3) is 0. The zero-order valence-electron chi connectivity index (χ0n) is 19.0. The Balaban J connectivity index is 0.00000240. The van der Waals surface area contributed by atoms with E-state index in [1.807, 2.05) is 47.6 Å². The third kappa shape index (κ3) is 3.88. The third-order valence-electron chi connectivity index (χ3n) is 5.99. The molecule has 7 rings (SSSR count). The van der Waals surface area contributed by atoms with Crippen LogP contribution in [0.2, 0.25) is 0 Å². The largest absolute Gasteiger partial charge is 1.00 e. The Kier molecular flexibility index (Phi) is 6.02. The number of nitrogens with zero attached hydrogens (tertiary/aromatic N) is 4. The van der Waals surface area contributed by atoms with E-state index in [2.05, 4.69) is 77.3 Å². The number of aromatic nitrogens is 1. The van der Waals surface area contributed by atoms with Crippen molar-refractivity contribution in [2.75, 3.05) is 10.2 Å². The van der Waals surface area contributed by atoms with Gasteiger partial charge in [0.25, 0.3) is 5.84 Å². The summed E-state index contributed by atoms with van der Waals surface area (Å²) in [6.07, 6.45) is 0. The van der Waals surface area contributed by atoms with Crippen LogP contribution >= 0.6 is 22.7 Å². The van der Waals surface area contributed by atoms with Crippen LogP contribution < -0.4 is 32.6 Å². The average Bonchev–Trinajstić information content (AvgIpc) is 3.64. The van der Waals surface area contributed by atoms with E-state index in [-0.39, 0.29) is 17.0 Å². The first-order chi connectivity index (χ1) is 17.3. The molecule has 1 aliphatic rings. The second-order valence-corrected chi connectivity index (χ2v) is 10.3. The lowest BCUT2D eigenvalue weighted by molar-refractivity contribution is -0.545. The summed E-state index contributed by atoms with van der Waals surface area (Å²) < 4.78 is 2.42. The minimum absolute atomic E-state index is 0. The highest BCUT2D eigenvalue weighted by atomic mass is 79.9. The number of para-hydroxylation sites is 2. The molecule has 0 unspecified atom stereocenters. The highest BCUT2D eigenvalue weighted by Gasteiger charge is 2.35. The molecule has 176 valence electrons. The Morgan fingerprint density at radius 2 is 1.33 bits per heavy atom. The van der Waals surface area contributed by atoms with Crippen LogP contribution in [0.25, 0.3) is 30.2 Å². The Morgan fingerprint density at radius 1 is 0.667 bits per heavy atom. The molecule has 0 bridgehead atoms. The van der Waals surface area contributed by atoms with Crippen molar-refractivity contribution in [1.29, 1.82) is 0 Å². The number of fused-ring (bicyclic) bond motifs is 2. The molecule has 2 aromatic heterocycles. The van der Waals surface area contributed by atoms with Gasteiger partial charge < -0.3 is 17.0 Å². The predicted molar refractivity (Wildman–Crippen MR) is 147 cm³/mol. The van der Waals surface area contributed by atoms with Crippen molar-refractivity contribution in [3.05, 3.63) is 115 Å². The van der Waals surface area contributed by atoms with Gasteiger partial charge in [-0.2, -0.15) is 5.43 Å². The normalized spacial score (nSPS) is 13.3. The number of amidine groups is 1. The van der Waals surface area contributed by atoms with Crippen LogP contribution in [0, 0.1) is 0 Å². The van der Waals surface area contributed by atoms with Gasteiger partial charge in [0.2, 0.25) is 0 Å². The highest BCUT2D eigenvalue weighted by Crippen LogP contribution is 2.46. The number of quaternary nitrogens is 1. The molecule has 0 saturated carbocycles. The molecule has 6 aromatic rings. The molecular formula is C28H20BrN5S2. The smallest absolute Gasteiger partial charge is 0.277 e. The first-order valence-electron chi connectivity index (χ1n) is 11.4. The molecule has 1 aliphatic heterocycles. The van der Waals surface area contributed by atoms with Gasteiger partial charge in [-0.1, -0.05) is 71.8 Å². The lowest BCUT2D eigenvalue weighted by Crippen LogP contribution is -3.00. The van der Waals surface area contributed by atoms with E-state index in [4.69, 9.17) is 10.1 Å². The molecule has 2 N–H and O–H groups in total. The first kappa shape index (κ1) is 22.9. The number of benzene rings is 4. The number of anilines is 2. The second kappa shape index (κ2) is 9.48. The number of hydrogen-bond acceptors (Lipinski definition) is 6. The van der Waals surface area contributed by atoms with Gasteiger partial charge in [0, 0.05) is 10.1 Å². The standard InChI is InChI=1S/C28H19N5S2.BrH/c1-3-11-19(12-4-1)27-30-32(20-13-5-2-6-14-20)33(31-27)25-21-15-7-9-17-23(21)34-26(25)28-29-22-16-8-10-18-24(22)35-28;/h1-18H,(H,30,31);1H. The SMILES string of the molecule is [Br-].c1ccc(C2=NN(c3ccccc3)N(c3c(-c4nc5ccccc5s4)sc4ccccc34)[NH2+]2)cc1. The van der Waals surface area contributed by atoms with Gasteiger partial charge in [-0.15, -0.1) is 32.9 Å². The maximum atomic E-state index is 5.06. The van der Waals surface area contributed by atoms with Crippen LogP contribution in [0.15, 0.2) is 114 Å². The van der Waals surface area contributed by atoms with E-state index in [9.17, 15) is 0 Å². The van der Waals surface area contributed by atoms with Crippen molar-refractivity contribution in [2.24, 2.45) is 5.10 Å². The summed E-state index contributed by atoms with van der Waals surface area (Å²) in [4.78, 5) is 6.17. The van der Waals surface area contributed by atoms with E-state index in [0.717, 1.165) is 38.2 Å². The van der Waals surface area contributed by atoms with Crippen molar-refractivity contribution in [3.63, 3.8) is 0 Å². The number of thiazole rings is 1. The van der Waals surface area contributed by atoms with E-state index in [1.165, 1.54) is 14.8 Å². The van der Waals surface area contributed by atoms with Crippen LogP contribution in [-0.4, -0.2) is 10.8 Å². The summed E-state index contributed by atoms with van der Waals surface area (Å²) in [5.41, 5.74) is 6.34. The van der Waals surface area contributed by atoms with Crippen molar-refractivity contribution in [3.8, 4) is 9.88 Å². The molecule has 0 radical (unpaired) electrons. The van der Waals surface area contributed by atoms with Crippen LogP contribution in [0.4, 0.5) is 11.4 Å². The van der Waals surface area contributed by atoms with Gasteiger partial charge in [0.15, 0.2) is 0 Å². The van der Waals surface area contributed by atoms with Crippen molar-refractivity contribution in [2.45, 2.75) is 0 Å². The quantitative estimate of drug-likeness (QED) is 0.331. The molecule has 0 atom stereocenters. The molecule has 4 aromatic carbocycles.